The number of halogens is 1. The Labute approximate surface area is 110 Å². The number of benzene rings is 1. The van der Waals surface area contributed by atoms with Gasteiger partial charge in [-0.2, -0.15) is 0 Å². The number of anilines is 4. The molecule has 0 aliphatic carbocycles. The second-order valence-electron chi connectivity index (χ2n) is 5.18. The quantitative estimate of drug-likeness (QED) is 0.467. The van der Waals surface area contributed by atoms with Crippen LogP contribution in [0.5, 0.6) is 0 Å². The van der Waals surface area contributed by atoms with Gasteiger partial charge in [0.25, 0.3) is 0 Å². The Morgan fingerprint density at radius 3 is 1.75 bits per heavy atom. The summed E-state index contributed by atoms with van der Waals surface area (Å²) in [4.78, 5) is 0. The van der Waals surface area contributed by atoms with E-state index in [-0.39, 0.29) is 5.41 Å². The molecule has 0 heterocycles. The molecule has 8 N–H and O–H groups in total. The largest absolute Gasteiger partial charge is 0.397 e. The van der Waals surface area contributed by atoms with Crippen molar-refractivity contribution >= 4 is 45.3 Å². The van der Waals surface area contributed by atoms with Crippen molar-refractivity contribution in [1.29, 1.82) is 0 Å². The zero-order chi connectivity index (χ0) is 12.7. The fourth-order valence-electron chi connectivity index (χ4n) is 1.55. The van der Waals surface area contributed by atoms with Crippen LogP contribution in [0.3, 0.4) is 0 Å². The summed E-state index contributed by atoms with van der Waals surface area (Å²) in [6, 6.07) is 0. The molecule has 5 heteroatoms. The highest BCUT2D eigenvalue weighted by Crippen LogP contribution is 2.39. The van der Waals surface area contributed by atoms with Crippen LogP contribution in [0, 0.1) is 8.99 Å². The molecule has 0 aliphatic rings. The Balaban J connectivity index is 3.40. The minimum atomic E-state index is 0.128. The lowest BCUT2D eigenvalue weighted by Crippen LogP contribution is -2.16. The summed E-state index contributed by atoms with van der Waals surface area (Å²) in [6.07, 6.45) is 0.825. The first-order chi connectivity index (χ1) is 7.15. The molecule has 0 atom stereocenters. The van der Waals surface area contributed by atoms with Crippen LogP contribution in [0.4, 0.5) is 22.7 Å². The maximum Gasteiger partial charge on any atom is 0.0813 e. The minimum absolute atomic E-state index is 0.128. The first kappa shape index (κ1) is 13.2. The fourth-order valence-corrected chi connectivity index (χ4v) is 2.33. The van der Waals surface area contributed by atoms with Crippen LogP contribution in [0.25, 0.3) is 0 Å². The van der Waals surface area contributed by atoms with E-state index < -0.39 is 0 Å². The van der Waals surface area contributed by atoms with Crippen molar-refractivity contribution < 1.29 is 0 Å². The lowest BCUT2D eigenvalue weighted by Gasteiger charge is -2.23. The summed E-state index contributed by atoms with van der Waals surface area (Å²) in [5.41, 5.74) is 26.5. The van der Waals surface area contributed by atoms with Crippen molar-refractivity contribution in [3.63, 3.8) is 0 Å². The maximum absolute atomic E-state index is 5.99. The van der Waals surface area contributed by atoms with Crippen LogP contribution in [0.15, 0.2) is 0 Å². The molecule has 0 aromatic heterocycles. The van der Waals surface area contributed by atoms with Crippen LogP contribution in [0.2, 0.25) is 0 Å². The zero-order valence-corrected chi connectivity index (χ0v) is 12.1. The van der Waals surface area contributed by atoms with Crippen LogP contribution < -0.4 is 22.9 Å². The average molecular weight is 334 g/mol. The summed E-state index contributed by atoms with van der Waals surface area (Å²) < 4.78 is 0.914. The van der Waals surface area contributed by atoms with Crippen LogP contribution in [0.1, 0.15) is 26.3 Å². The van der Waals surface area contributed by atoms with Gasteiger partial charge in [0.1, 0.15) is 0 Å². The predicted molar refractivity (Wildman–Crippen MR) is 80.0 cm³/mol. The molecule has 16 heavy (non-hydrogen) atoms. The molecule has 90 valence electrons. The van der Waals surface area contributed by atoms with E-state index in [1.54, 1.807) is 0 Å². The van der Waals surface area contributed by atoms with E-state index in [0.717, 1.165) is 15.6 Å². The van der Waals surface area contributed by atoms with Gasteiger partial charge >= 0.3 is 0 Å². The molecule has 0 fully saturated rings. The van der Waals surface area contributed by atoms with Gasteiger partial charge in [-0.1, -0.05) is 20.8 Å². The third-order valence-electron chi connectivity index (χ3n) is 2.40. The Morgan fingerprint density at radius 2 is 1.31 bits per heavy atom. The van der Waals surface area contributed by atoms with Crippen molar-refractivity contribution in [2.75, 3.05) is 22.9 Å². The fraction of sp³-hybridized carbons (Fsp3) is 0.455. The molecule has 0 bridgehead atoms. The first-order valence-corrected chi connectivity index (χ1v) is 6.13. The highest BCUT2D eigenvalue weighted by atomic mass is 127. The number of nitrogen functional groups attached to an aromatic ring is 4. The molecule has 0 saturated carbocycles. The van der Waals surface area contributed by atoms with Gasteiger partial charge in [0, 0.05) is 3.57 Å². The Hall–Kier alpha value is -0.850. The topological polar surface area (TPSA) is 104 Å². The molecule has 1 aromatic carbocycles. The van der Waals surface area contributed by atoms with E-state index in [1.165, 1.54) is 0 Å². The van der Waals surface area contributed by atoms with Crippen LogP contribution in [-0.2, 0) is 6.42 Å². The van der Waals surface area contributed by atoms with Gasteiger partial charge in [0.2, 0.25) is 0 Å². The summed E-state index contributed by atoms with van der Waals surface area (Å²) >= 11 is 2.17. The van der Waals surface area contributed by atoms with E-state index in [4.69, 9.17) is 22.9 Å². The van der Waals surface area contributed by atoms with Gasteiger partial charge in [-0.3, -0.25) is 0 Å². The first-order valence-electron chi connectivity index (χ1n) is 5.05. The highest BCUT2D eigenvalue weighted by Gasteiger charge is 2.20. The Morgan fingerprint density at radius 1 is 0.875 bits per heavy atom. The lowest BCUT2D eigenvalue weighted by atomic mass is 9.87. The van der Waals surface area contributed by atoms with Gasteiger partial charge in [-0.15, -0.1) is 0 Å². The SMILES string of the molecule is CC(C)(C)Cc1c(N)c(N)c(N)c(N)c1I. The van der Waals surface area contributed by atoms with Crippen molar-refractivity contribution in [1.82, 2.24) is 0 Å². The van der Waals surface area contributed by atoms with Crippen LogP contribution >= 0.6 is 22.6 Å². The number of hydrogen-bond donors (Lipinski definition) is 4. The van der Waals surface area contributed by atoms with E-state index in [9.17, 15) is 0 Å². The Bertz CT molecular complexity index is 392. The standard InChI is InChI=1S/C11H19IN4/c1-11(2,3)4-5-6(12)8(14)10(16)9(15)7(5)13/h4,13-16H2,1-3H3. The molecule has 0 amide bonds. The van der Waals surface area contributed by atoms with Gasteiger partial charge in [0.05, 0.1) is 22.7 Å². The molecule has 4 nitrogen and oxygen atoms in total. The van der Waals surface area contributed by atoms with Gasteiger partial charge < -0.3 is 22.9 Å². The van der Waals surface area contributed by atoms with E-state index in [1.807, 2.05) is 0 Å². The third-order valence-corrected chi connectivity index (χ3v) is 3.64. The van der Waals surface area contributed by atoms with E-state index in [2.05, 4.69) is 43.4 Å². The second kappa shape index (κ2) is 4.20. The van der Waals surface area contributed by atoms with Crippen molar-refractivity contribution in [3.05, 3.63) is 9.13 Å². The summed E-state index contributed by atoms with van der Waals surface area (Å²) in [7, 11) is 0. The van der Waals surface area contributed by atoms with Crippen LogP contribution in [-0.4, -0.2) is 0 Å². The molecule has 0 aliphatic heterocycles. The summed E-state index contributed by atoms with van der Waals surface area (Å²) in [6.45, 7) is 6.43. The Kier molecular flexibility index (Phi) is 3.47. The molecule has 1 rings (SSSR count). The smallest absolute Gasteiger partial charge is 0.0813 e. The second-order valence-corrected chi connectivity index (χ2v) is 6.26. The number of nitrogens with two attached hydrogens (primary N) is 4. The summed E-state index contributed by atoms with van der Waals surface area (Å²) in [5.74, 6) is 0. The van der Waals surface area contributed by atoms with Crippen molar-refractivity contribution in [3.8, 4) is 0 Å². The van der Waals surface area contributed by atoms with Gasteiger partial charge in [-0.25, -0.2) is 0 Å². The highest BCUT2D eigenvalue weighted by molar-refractivity contribution is 14.1. The minimum Gasteiger partial charge on any atom is -0.397 e. The van der Waals surface area contributed by atoms with E-state index in [0.29, 0.717) is 22.7 Å². The van der Waals surface area contributed by atoms with Gasteiger partial charge in [-0.05, 0) is 40.0 Å². The molecule has 0 spiro atoms. The normalized spacial score (nSPS) is 11.8. The molecule has 1 aromatic rings. The molecule has 0 radical (unpaired) electrons. The van der Waals surface area contributed by atoms with Crippen molar-refractivity contribution in [2.24, 2.45) is 5.41 Å². The molecule has 0 unspecified atom stereocenters. The average Bonchev–Trinajstić information content (AvgIpc) is 2.17. The predicted octanol–water partition coefficient (Wildman–Crippen LogP) is 2.21. The summed E-state index contributed by atoms with van der Waals surface area (Å²) in [5, 5.41) is 0. The number of rotatable bonds is 1. The molecule has 0 saturated heterocycles. The van der Waals surface area contributed by atoms with Gasteiger partial charge in [0.15, 0.2) is 0 Å². The van der Waals surface area contributed by atoms with E-state index >= 15 is 0 Å². The molecular formula is C11H19IN4. The maximum atomic E-state index is 5.99. The number of hydrogen-bond acceptors (Lipinski definition) is 4. The monoisotopic (exact) mass is 334 g/mol. The van der Waals surface area contributed by atoms with Crippen molar-refractivity contribution in [2.45, 2.75) is 27.2 Å². The third kappa shape index (κ3) is 2.45. The lowest BCUT2D eigenvalue weighted by molar-refractivity contribution is 0.411. The zero-order valence-electron chi connectivity index (χ0n) is 9.89. The molecular weight excluding hydrogens is 315 g/mol.